The number of hydrogen-bond donors (Lipinski definition) is 2. The average Bonchev–Trinajstić information content (AvgIpc) is 2.38. The summed E-state index contributed by atoms with van der Waals surface area (Å²) in [5.74, 6) is 0. The van der Waals surface area contributed by atoms with E-state index in [4.69, 9.17) is 11.6 Å². The highest BCUT2D eigenvalue weighted by molar-refractivity contribution is 7.89. The molecule has 2 N–H and O–H groups in total. The van der Waals surface area contributed by atoms with Crippen molar-refractivity contribution in [3.05, 3.63) is 29.3 Å². The number of nitrogens with one attached hydrogen (secondary N) is 2. The van der Waals surface area contributed by atoms with E-state index < -0.39 is 10.0 Å². The Bertz CT molecular complexity index is 522. The Morgan fingerprint density at radius 1 is 1.37 bits per heavy atom. The van der Waals surface area contributed by atoms with Gasteiger partial charge >= 0.3 is 0 Å². The normalized spacial score (nSPS) is 24.3. The Morgan fingerprint density at radius 3 is 2.63 bits per heavy atom. The first-order chi connectivity index (χ1) is 8.91. The zero-order chi connectivity index (χ0) is 13.9. The minimum atomic E-state index is -3.45. The van der Waals surface area contributed by atoms with Gasteiger partial charge in [0.2, 0.25) is 10.0 Å². The smallest absolute Gasteiger partial charge is 0.240 e. The molecule has 0 aromatic heterocycles. The van der Waals surface area contributed by atoms with Gasteiger partial charge in [-0.25, -0.2) is 13.1 Å². The third kappa shape index (κ3) is 3.92. The van der Waals surface area contributed by atoms with Gasteiger partial charge in [0.1, 0.15) is 0 Å². The maximum Gasteiger partial charge on any atom is 0.240 e. The summed E-state index contributed by atoms with van der Waals surface area (Å²) < 4.78 is 27.0. The molecule has 0 saturated carbocycles. The van der Waals surface area contributed by atoms with Crippen molar-refractivity contribution in [1.29, 1.82) is 0 Å². The number of rotatable bonds is 4. The highest BCUT2D eigenvalue weighted by Crippen LogP contribution is 2.25. The SMILES string of the molecule is CC1(CNS(=O)(=O)c2ccc(Cl)cc2)CCCNC1. The van der Waals surface area contributed by atoms with Crippen LogP contribution in [0.5, 0.6) is 0 Å². The van der Waals surface area contributed by atoms with Crippen LogP contribution in [0.1, 0.15) is 19.8 Å². The molecule has 106 valence electrons. The lowest BCUT2D eigenvalue weighted by Crippen LogP contribution is -2.45. The molecule has 1 saturated heterocycles. The van der Waals surface area contributed by atoms with Gasteiger partial charge in [-0.1, -0.05) is 18.5 Å². The summed E-state index contributed by atoms with van der Waals surface area (Å²) in [6.45, 7) is 4.41. The van der Waals surface area contributed by atoms with E-state index >= 15 is 0 Å². The molecule has 1 heterocycles. The molecule has 6 heteroatoms. The molecule has 2 rings (SSSR count). The molecule has 0 aliphatic carbocycles. The molecule has 1 atom stereocenters. The molecular formula is C13H19ClN2O2S. The molecule has 0 radical (unpaired) electrons. The summed E-state index contributed by atoms with van der Waals surface area (Å²) in [5.41, 5.74) is -0.0161. The van der Waals surface area contributed by atoms with Crippen molar-refractivity contribution >= 4 is 21.6 Å². The Morgan fingerprint density at radius 2 is 2.05 bits per heavy atom. The van der Waals surface area contributed by atoms with Gasteiger partial charge in [0, 0.05) is 18.1 Å². The molecule has 1 aromatic rings. The third-order valence-corrected chi connectivity index (χ3v) is 5.17. The maximum atomic E-state index is 12.2. The quantitative estimate of drug-likeness (QED) is 0.894. The number of sulfonamides is 1. The lowest BCUT2D eigenvalue weighted by molar-refractivity contribution is 0.238. The molecular weight excluding hydrogens is 284 g/mol. The zero-order valence-corrected chi connectivity index (χ0v) is 12.5. The van der Waals surface area contributed by atoms with Gasteiger partial charge in [-0.3, -0.25) is 0 Å². The summed E-state index contributed by atoms with van der Waals surface area (Å²) >= 11 is 5.76. The second kappa shape index (κ2) is 5.79. The standard InChI is InChI=1S/C13H19ClN2O2S/c1-13(7-2-8-15-9-13)10-16-19(17,18)12-5-3-11(14)4-6-12/h3-6,15-16H,2,7-10H2,1H3. The zero-order valence-electron chi connectivity index (χ0n) is 10.9. The summed E-state index contributed by atoms with van der Waals surface area (Å²) in [7, 11) is -3.45. The molecule has 0 spiro atoms. The second-order valence-corrected chi connectivity index (χ2v) is 7.57. The number of halogens is 1. The number of piperidine rings is 1. The van der Waals surface area contributed by atoms with Gasteiger partial charge in [0.25, 0.3) is 0 Å². The van der Waals surface area contributed by atoms with Crippen molar-refractivity contribution in [1.82, 2.24) is 10.0 Å². The minimum absolute atomic E-state index is 0.0161. The van der Waals surface area contributed by atoms with Gasteiger partial charge in [-0.05, 0) is 49.1 Å². The van der Waals surface area contributed by atoms with E-state index in [0.29, 0.717) is 11.6 Å². The van der Waals surface area contributed by atoms with Crippen molar-refractivity contribution in [3.8, 4) is 0 Å². The Labute approximate surface area is 119 Å². The summed E-state index contributed by atoms with van der Waals surface area (Å²) in [4.78, 5) is 0.254. The van der Waals surface area contributed by atoms with Crippen LogP contribution in [0.15, 0.2) is 29.2 Å². The van der Waals surface area contributed by atoms with Gasteiger partial charge < -0.3 is 5.32 Å². The fourth-order valence-electron chi connectivity index (χ4n) is 2.24. The van der Waals surface area contributed by atoms with E-state index in [9.17, 15) is 8.42 Å². The summed E-state index contributed by atoms with van der Waals surface area (Å²) in [6, 6.07) is 6.21. The van der Waals surface area contributed by atoms with E-state index in [2.05, 4.69) is 17.0 Å². The Balaban J connectivity index is 2.03. The van der Waals surface area contributed by atoms with E-state index in [1.165, 1.54) is 12.1 Å². The predicted octanol–water partition coefficient (Wildman–Crippen LogP) is 2.01. The lowest BCUT2D eigenvalue weighted by Gasteiger charge is -2.34. The maximum absolute atomic E-state index is 12.2. The molecule has 19 heavy (non-hydrogen) atoms. The minimum Gasteiger partial charge on any atom is -0.316 e. The number of hydrogen-bond acceptors (Lipinski definition) is 3. The summed E-state index contributed by atoms with van der Waals surface area (Å²) in [6.07, 6.45) is 2.11. The van der Waals surface area contributed by atoms with E-state index in [1.807, 2.05) is 0 Å². The highest BCUT2D eigenvalue weighted by Gasteiger charge is 2.28. The third-order valence-electron chi connectivity index (χ3n) is 3.50. The van der Waals surface area contributed by atoms with Crippen molar-refractivity contribution in [2.45, 2.75) is 24.7 Å². The molecule has 1 aliphatic rings. The average molecular weight is 303 g/mol. The number of benzene rings is 1. The monoisotopic (exact) mass is 302 g/mol. The molecule has 1 aromatic carbocycles. The van der Waals surface area contributed by atoms with Crippen LogP contribution in [0.3, 0.4) is 0 Å². The molecule has 0 amide bonds. The molecule has 1 fully saturated rings. The van der Waals surface area contributed by atoms with E-state index in [0.717, 1.165) is 25.9 Å². The topological polar surface area (TPSA) is 58.2 Å². The van der Waals surface area contributed by atoms with Gasteiger partial charge in [-0.2, -0.15) is 0 Å². The van der Waals surface area contributed by atoms with Gasteiger partial charge in [0.05, 0.1) is 4.90 Å². The van der Waals surface area contributed by atoms with Crippen molar-refractivity contribution in [2.75, 3.05) is 19.6 Å². The van der Waals surface area contributed by atoms with Gasteiger partial charge in [-0.15, -0.1) is 0 Å². The first-order valence-corrected chi connectivity index (χ1v) is 8.23. The highest BCUT2D eigenvalue weighted by atomic mass is 35.5. The van der Waals surface area contributed by atoms with Crippen molar-refractivity contribution in [2.24, 2.45) is 5.41 Å². The van der Waals surface area contributed by atoms with Crippen LogP contribution >= 0.6 is 11.6 Å². The predicted molar refractivity (Wildman–Crippen MR) is 76.9 cm³/mol. The van der Waals surface area contributed by atoms with Gasteiger partial charge in [0.15, 0.2) is 0 Å². The second-order valence-electron chi connectivity index (χ2n) is 5.37. The van der Waals surface area contributed by atoms with Crippen LogP contribution in [0.2, 0.25) is 5.02 Å². The van der Waals surface area contributed by atoms with Crippen LogP contribution in [0.4, 0.5) is 0 Å². The fourth-order valence-corrected chi connectivity index (χ4v) is 3.56. The molecule has 4 nitrogen and oxygen atoms in total. The van der Waals surface area contributed by atoms with Crippen molar-refractivity contribution in [3.63, 3.8) is 0 Å². The largest absolute Gasteiger partial charge is 0.316 e. The van der Waals surface area contributed by atoms with Crippen LogP contribution < -0.4 is 10.0 Å². The van der Waals surface area contributed by atoms with Crippen LogP contribution in [0, 0.1) is 5.41 Å². The van der Waals surface area contributed by atoms with E-state index in [-0.39, 0.29) is 10.3 Å². The van der Waals surface area contributed by atoms with E-state index in [1.54, 1.807) is 12.1 Å². The summed E-state index contributed by atoms with van der Waals surface area (Å²) in [5, 5.41) is 3.84. The van der Waals surface area contributed by atoms with Crippen molar-refractivity contribution < 1.29 is 8.42 Å². The molecule has 0 bridgehead atoms. The molecule has 1 unspecified atom stereocenters. The van der Waals surface area contributed by atoms with Crippen LogP contribution in [-0.4, -0.2) is 28.1 Å². The fraction of sp³-hybridized carbons (Fsp3) is 0.538. The first-order valence-electron chi connectivity index (χ1n) is 6.37. The Hall–Kier alpha value is -0.620. The Kier molecular flexibility index (Phi) is 4.50. The molecule has 1 aliphatic heterocycles. The first kappa shape index (κ1) is 14.8. The van der Waals surface area contributed by atoms with Crippen LogP contribution in [-0.2, 0) is 10.0 Å². The van der Waals surface area contributed by atoms with Crippen LogP contribution in [0.25, 0.3) is 0 Å². The lowest BCUT2D eigenvalue weighted by atomic mass is 9.83.